The maximum Gasteiger partial charge on any atom is 0.130 e. The fourth-order valence-electron chi connectivity index (χ4n) is 2.16. The van der Waals surface area contributed by atoms with Gasteiger partial charge in [0.2, 0.25) is 0 Å². The summed E-state index contributed by atoms with van der Waals surface area (Å²) in [6, 6.07) is 8.09. The number of rotatable bonds is 6. The Morgan fingerprint density at radius 3 is 2.91 bits per heavy atom. The first-order chi connectivity index (χ1) is 10.7. The van der Waals surface area contributed by atoms with Crippen LogP contribution in [-0.4, -0.2) is 11.7 Å². The van der Waals surface area contributed by atoms with Gasteiger partial charge in [0.25, 0.3) is 0 Å². The van der Waals surface area contributed by atoms with Crippen LogP contribution in [0, 0.1) is 0 Å². The third-order valence-electron chi connectivity index (χ3n) is 3.36. The standard InChI is InChI=1S/C19H23NO2/c1-3-4-8-17(21)12-13-20-15(2)10-11-18-14-16-7-5-6-9-19(16)22-18/h3-11,20-21H,12-14H2,1-2H3/b4-3-,15-10+,17-8+,18-11+. The van der Waals surface area contributed by atoms with E-state index in [0.717, 1.165) is 23.6 Å². The first kappa shape index (κ1) is 16.0. The summed E-state index contributed by atoms with van der Waals surface area (Å²) in [5, 5.41) is 12.9. The van der Waals surface area contributed by atoms with Gasteiger partial charge in [-0.05, 0) is 38.1 Å². The van der Waals surface area contributed by atoms with E-state index in [1.165, 1.54) is 5.56 Å². The van der Waals surface area contributed by atoms with E-state index in [1.54, 1.807) is 6.08 Å². The molecule has 1 aliphatic heterocycles. The number of fused-ring (bicyclic) bond motifs is 1. The molecule has 2 rings (SSSR count). The molecule has 3 nitrogen and oxygen atoms in total. The zero-order valence-electron chi connectivity index (χ0n) is 13.2. The SMILES string of the molecule is C/C=C\C=C(\O)CCN/C(C)=C/C=C1\Cc2ccccc2O1. The van der Waals surface area contributed by atoms with E-state index in [2.05, 4.69) is 11.4 Å². The maximum atomic E-state index is 9.61. The highest BCUT2D eigenvalue weighted by atomic mass is 16.5. The monoisotopic (exact) mass is 297 g/mol. The second kappa shape index (κ2) is 8.13. The molecule has 1 heterocycles. The number of aliphatic hydroxyl groups is 1. The first-order valence-corrected chi connectivity index (χ1v) is 7.57. The van der Waals surface area contributed by atoms with Crippen LogP contribution < -0.4 is 10.1 Å². The molecule has 1 aliphatic rings. The van der Waals surface area contributed by atoms with Crippen molar-refractivity contribution in [3.63, 3.8) is 0 Å². The van der Waals surface area contributed by atoms with E-state index in [9.17, 15) is 5.11 Å². The average Bonchev–Trinajstić information content (AvgIpc) is 2.94. The molecule has 0 radical (unpaired) electrons. The minimum atomic E-state index is 0.381. The first-order valence-electron chi connectivity index (χ1n) is 7.57. The van der Waals surface area contributed by atoms with Gasteiger partial charge in [-0.3, -0.25) is 0 Å². The number of nitrogens with one attached hydrogen (secondary N) is 1. The largest absolute Gasteiger partial charge is 0.512 e. The molecule has 1 aromatic rings. The van der Waals surface area contributed by atoms with Gasteiger partial charge in [-0.2, -0.15) is 0 Å². The van der Waals surface area contributed by atoms with Crippen molar-refractivity contribution in [3.8, 4) is 5.75 Å². The van der Waals surface area contributed by atoms with Crippen LogP contribution in [0.2, 0.25) is 0 Å². The Balaban J connectivity index is 1.80. The molecule has 22 heavy (non-hydrogen) atoms. The van der Waals surface area contributed by atoms with Crippen molar-refractivity contribution >= 4 is 0 Å². The van der Waals surface area contributed by atoms with Crippen molar-refractivity contribution in [1.82, 2.24) is 5.32 Å². The molecular weight excluding hydrogens is 274 g/mol. The van der Waals surface area contributed by atoms with Crippen molar-refractivity contribution in [2.45, 2.75) is 26.7 Å². The van der Waals surface area contributed by atoms with Crippen molar-refractivity contribution in [3.05, 3.63) is 77.4 Å². The lowest BCUT2D eigenvalue weighted by Gasteiger charge is -2.05. The molecule has 2 N–H and O–H groups in total. The molecule has 0 aliphatic carbocycles. The molecule has 0 fully saturated rings. The van der Waals surface area contributed by atoms with Crippen LogP contribution in [0.25, 0.3) is 0 Å². The number of benzene rings is 1. The summed E-state index contributed by atoms with van der Waals surface area (Å²) in [7, 11) is 0. The summed E-state index contributed by atoms with van der Waals surface area (Å²) in [4.78, 5) is 0. The predicted octanol–water partition coefficient (Wildman–Crippen LogP) is 4.41. The zero-order valence-corrected chi connectivity index (χ0v) is 13.2. The molecule has 0 saturated heterocycles. The minimum Gasteiger partial charge on any atom is -0.512 e. The Bertz CT molecular complexity index is 597. The number of hydrogen-bond donors (Lipinski definition) is 2. The van der Waals surface area contributed by atoms with Crippen molar-refractivity contribution < 1.29 is 9.84 Å². The van der Waals surface area contributed by atoms with Crippen LogP contribution >= 0.6 is 0 Å². The Hall–Kier alpha value is -2.42. The quantitative estimate of drug-likeness (QED) is 0.604. The molecule has 0 unspecified atom stereocenters. The van der Waals surface area contributed by atoms with Crippen molar-refractivity contribution in [2.24, 2.45) is 0 Å². The van der Waals surface area contributed by atoms with Gasteiger partial charge in [0, 0.05) is 30.6 Å². The summed E-state index contributed by atoms with van der Waals surface area (Å²) in [6.45, 7) is 4.63. The van der Waals surface area contributed by atoms with Crippen LogP contribution in [0.1, 0.15) is 25.8 Å². The van der Waals surface area contributed by atoms with Crippen LogP contribution in [0.5, 0.6) is 5.75 Å². The number of allylic oxidation sites excluding steroid dienone is 7. The number of para-hydroxylation sites is 1. The summed E-state index contributed by atoms with van der Waals surface area (Å²) < 4.78 is 5.78. The molecule has 3 heteroatoms. The summed E-state index contributed by atoms with van der Waals surface area (Å²) >= 11 is 0. The van der Waals surface area contributed by atoms with Gasteiger partial charge < -0.3 is 15.2 Å². The van der Waals surface area contributed by atoms with E-state index < -0.39 is 0 Å². The Labute approximate surface area is 132 Å². The molecule has 0 atom stereocenters. The van der Waals surface area contributed by atoms with Gasteiger partial charge in [-0.1, -0.05) is 30.4 Å². The van der Waals surface area contributed by atoms with E-state index in [1.807, 2.05) is 56.4 Å². The second-order valence-electron chi connectivity index (χ2n) is 5.23. The summed E-state index contributed by atoms with van der Waals surface area (Å²) in [5.74, 6) is 2.29. The van der Waals surface area contributed by atoms with Crippen LogP contribution in [-0.2, 0) is 6.42 Å². The smallest absolute Gasteiger partial charge is 0.130 e. The lowest BCUT2D eigenvalue weighted by atomic mass is 10.1. The molecule has 116 valence electrons. The highest BCUT2D eigenvalue weighted by Gasteiger charge is 2.15. The van der Waals surface area contributed by atoms with E-state index in [-0.39, 0.29) is 0 Å². The topological polar surface area (TPSA) is 41.5 Å². The van der Waals surface area contributed by atoms with Gasteiger partial charge >= 0.3 is 0 Å². The number of aliphatic hydroxyl groups excluding tert-OH is 1. The molecule has 0 saturated carbocycles. The van der Waals surface area contributed by atoms with E-state index in [4.69, 9.17) is 4.74 Å². The fourth-order valence-corrected chi connectivity index (χ4v) is 2.16. The third-order valence-corrected chi connectivity index (χ3v) is 3.36. The third kappa shape index (κ3) is 4.85. The van der Waals surface area contributed by atoms with Crippen LogP contribution in [0.3, 0.4) is 0 Å². The lowest BCUT2D eigenvalue weighted by Crippen LogP contribution is -2.13. The Morgan fingerprint density at radius 2 is 2.14 bits per heavy atom. The van der Waals surface area contributed by atoms with Gasteiger partial charge in [0.05, 0.1) is 5.76 Å². The fraction of sp³-hybridized carbons (Fsp3) is 0.263. The van der Waals surface area contributed by atoms with Crippen molar-refractivity contribution in [2.75, 3.05) is 6.54 Å². The number of hydrogen-bond acceptors (Lipinski definition) is 3. The lowest BCUT2D eigenvalue weighted by molar-refractivity contribution is 0.387. The highest BCUT2D eigenvalue weighted by molar-refractivity contribution is 5.42. The van der Waals surface area contributed by atoms with Crippen molar-refractivity contribution in [1.29, 1.82) is 0 Å². The molecular formula is C19H23NO2. The van der Waals surface area contributed by atoms with E-state index in [0.29, 0.717) is 18.7 Å². The van der Waals surface area contributed by atoms with Gasteiger partial charge in [-0.25, -0.2) is 0 Å². The second-order valence-corrected chi connectivity index (χ2v) is 5.23. The molecule has 1 aromatic carbocycles. The Morgan fingerprint density at radius 1 is 1.32 bits per heavy atom. The predicted molar refractivity (Wildman–Crippen MR) is 90.8 cm³/mol. The molecule has 0 bridgehead atoms. The average molecular weight is 297 g/mol. The van der Waals surface area contributed by atoms with Crippen LogP contribution in [0.4, 0.5) is 0 Å². The minimum absolute atomic E-state index is 0.381. The molecule has 0 aromatic heterocycles. The molecule has 0 amide bonds. The number of ether oxygens (including phenoxy) is 1. The normalized spacial score (nSPS) is 16.9. The van der Waals surface area contributed by atoms with Gasteiger partial charge in [0.1, 0.15) is 11.5 Å². The van der Waals surface area contributed by atoms with E-state index >= 15 is 0 Å². The summed E-state index contributed by atoms with van der Waals surface area (Å²) in [6.07, 6.45) is 10.9. The van der Waals surface area contributed by atoms with Crippen LogP contribution in [0.15, 0.2) is 71.9 Å². The molecule has 0 spiro atoms. The summed E-state index contributed by atoms with van der Waals surface area (Å²) in [5.41, 5.74) is 2.28. The zero-order chi connectivity index (χ0) is 15.8. The van der Waals surface area contributed by atoms with Gasteiger partial charge in [0.15, 0.2) is 0 Å². The highest BCUT2D eigenvalue weighted by Crippen LogP contribution is 2.30. The van der Waals surface area contributed by atoms with Gasteiger partial charge in [-0.15, -0.1) is 0 Å². The maximum absolute atomic E-state index is 9.61. The Kier molecular flexibility index (Phi) is 5.90.